The fourth-order valence-electron chi connectivity index (χ4n) is 4.90. The monoisotopic (exact) mass is 582 g/mol. The predicted molar refractivity (Wildman–Crippen MR) is 162 cm³/mol. The van der Waals surface area contributed by atoms with Crippen LogP contribution in [0, 0.1) is 17.3 Å². The molecule has 4 N–H and O–H groups in total. The summed E-state index contributed by atoms with van der Waals surface area (Å²) in [6.45, 7) is 11.2. The lowest BCUT2D eigenvalue weighted by molar-refractivity contribution is -0.271. The Morgan fingerprint density at radius 1 is 1.05 bits per heavy atom. The molecule has 42 heavy (non-hydrogen) atoms. The van der Waals surface area contributed by atoms with Crippen LogP contribution in [-0.4, -0.2) is 59.8 Å². The number of nitrogens with zero attached hydrogens (tertiary/aromatic N) is 1. The predicted octanol–water partition coefficient (Wildman–Crippen LogP) is 3.84. The number of hydrogen-bond acceptors (Lipinski definition) is 8. The van der Waals surface area contributed by atoms with E-state index < -0.39 is 23.3 Å². The summed E-state index contributed by atoms with van der Waals surface area (Å²) in [7, 11) is 1.58. The summed E-state index contributed by atoms with van der Waals surface area (Å²) in [5.74, 6) is -1.66. The molecule has 2 amide bonds. The minimum absolute atomic E-state index is 0.0192. The van der Waals surface area contributed by atoms with Crippen molar-refractivity contribution in [1.82, 2.24) is 21.2 Å². The molecule has 2 aromatic rings. The molecule has 10 heteroatoms. The van der Waals surface area contributed by atoms with Crippen molar-refractivity contribution in [3.05, 3.63) is 47.7 Å². The summed E-state index contributed by atoms with van der Waals surface area (Å²) in [4.78, 5) is 43.3. The molecule has 1 aromatic heterocycles. The smallest absolute Gasteiger partial charge is 0.256 e. The standard InChI is InChI=1S/C32H46N4O6/c1-20(2)25(30(40)34-21(3)29(39)36-33-7)9-8-10-28(38)32(18-41-31(5,6)42-19-32)16-15-23-11-12-24-13-14-26(22(4)37)35-27(24)17-23/h11-17,20-22,25,33,37H,8-10,18-19H2,1-7H3,(H,34,40)(H,36,39)/b16-15+/t21-,22+,25-/m0/s1. The lowest BCUT2D eigenvalue weighted by Gasteiger charge is -2.41. The van der Waals surface area contributed by atoms with Crippen LogP contribution in [0.3, 0.4) is 0 Å². The third-order valence-electron chi connectivity index (χ3n) is 7.73. The van der Waals surface area contributed by atoms with Crippen LogP contribution in [-0.2, 0) is 23.9 Å². The Labute approximate surface area is 248 Å². The van der Waals surface area contributed by atoms with Crippen LogP contribution in [0.5, 0.6) is 0 Å². The summed E-state index contributed by atoms with van der Waals surface area (Å²) < 4.78 is 11.9. The maximum Gasteiger partial charge on any atom is 0.256 e. The highest BCUT2D eigenvalue weighted by Crippen LogP contribution is 2.35. The number of ketones is 1. The minimum Gasteiger partial charge on any atom is -0.387 e. The van der Waals surface area contributed by atoms with E-state index in [1.807, 2.05) is 70.2 Å². The van der Waals surface area contributed by atoms with Gasteiger partial charge >= 0.3 is 0 Å². The molecular weight excluding hydrogens is 536 g/mol. The van der Waals surface area contributed by atoms with Gasteiger partial charge in [-0.15, -0.1) is 0 Å². The number of hydrazine groups is 1. The number of fused-ring (bicyclic) bond motifs is 1. The van der Waals surface area contributed by atoms with Crippen molar-refractivity contribution in [2.75, 3.05) is 20.3 Å². The van der Waals surface area contributed by atoms with Crippen LogP contribution >= 0.6 is 0 Å². The second-order valence-corrected chi connectivity index (χ2v) is 12.0. The maximum atomic E-state index is 13.7. The van der Waals surface area contributed by atoms with Gasteiger partial charge in [0.15, 0.2) is 5.79 Å². The van der Waals surface area contributed by atoms with E-state index in [0.29, 0.717) is 18.5 Å². The SMILES string of the molecule is CNNC(=O)[C@H](C)NC(=O)[C@@H](CCCC(=O)C1(/C=C/c2ccc3ccc([C@@H](C)O)nc3c2)COC(C)(C)OC1)C(C)C. The van der Waals surface area contributed by atoms with Gasteiger partial charge in [-0.2, -0.15) is 0 Å². The molecule has 0 bridgehead atoms. The average molecular weight is 583 g/mol. The van der Waals surface area contributed by atoms with Crippen LogP contribution in [0.25, 0.3) is 17.0 Å². The highest BCUT2D eigenvalue weighted by atomic mass is 16.7. The molecule has 1 aliphatic heterocycles. The summed E-state index contributed by atoms with van der Waals surface area (Å²) in [6, 6.07) is 8.89. The quantitative estimate of drug-likeness (QED) is 0.261. The summed E-state index contributed by atoms with van der Waals surface area (Å²) in [5, 5.41) is 13.7. The fraction of sp³-hybridized carbons (Fsp3) is 0.562. The number of rotatable bonds is 13. The number of amides is 2. The Morgan fingerprint density at radius 2 is 1.71 bits per heavy atom. The van der Waals surface area contributed by atoms with E-state index in [1.165, 1.54) is 0 Å². The summed E-state index contributed by atoms with van der Waals surface area (Å²) in [6.07, 6.45) is 4.34. The highest BCUT2D eigenvalue weighted by molar-refractivity contribution is 5.89. The second-order valence-electron chi connectivity index (χ2n) is 12.0. The van der Waals surface area contributed by atoms with E-state index in [-0.39, 0.29) is 49.1 Å². The number of hydrogen-bond donors (Lipinski definition) is 4. The molecule has 2 heterocycles. The van der Waals surface area contributed by atoms with Gasteiger partial charge in [0.2, 0.25) is 5.91 Å². The first-order chi connectivity index (χ1) is 19.8. The lowest BCUT2D eigenvalue weighted by atomic mass is 9.80. The molecule has 0 spiro atoms. The molecule has 0 aliphatic carbocycles. The van der Waals surface area contributed by atoms with Crippen molar-refractivity contribution >= 4 is 34.6 Å². The van der Waals surface area contributed by atoms with Crippen LogP contribution < -0.4 is 16.2 Å². The third kappa shape index (κ3) is 8.67. The molecule has 230 valence electrons. The van der Waals surface area contributed by atoms with Crippen molar-refractivity contribution in [2.45, 2.75) is 78.7 Å². The number of aromatic nitrogens is 1. The fourth-order valence-corrected chi connectivity index (χ4v) is 4.90. The Kier molecular flexibility index (Phi) is 11.4. The zero-order valence-electron chi connectivity index (χ0n) is 25.8. The number of pyridine rings is 1. The van der Waals surface area contributed by atoms with E-state index in [4.69, 9.17) is 9.47 Å². The molecular formula is C32H46N4O6. The van der Waals surface area contributed by atoms with E-state index in [0.717, 1.165) is 16.5 Å². The number of aliphatic hydroxyl groups is 1. The zero-order chi connectivity index (χ0) is 31.1. The Morgan fingerprint density at radius 3 is 2.33 bits per heavy atom. The van der Waals surface area contributed by atoms with Crippen molar-refractivity contribution in [3.63, 3.8) is 0 Å². The molecule has 3 rings (SSSR count). The third-order valence-corrected chi connectivity index (χ3v) is 7.73. The van der Waals surface area contributed by atoms with Crippen LogP contribution in [0.4, 0.5) is 0 Å². The van der Waals surface area contributed by atoms with Crippen molar-refractivity contribution < 1.29 is 29.0 Å². The number of aliphatic hydroxyl groups excluding tert-OH is 1. The molecule has 1 fully saturated rings. The van der Waals surface area contributed by atoms with Gasteiger partial charge in [-0.05, 0) is 64.2 Å². The van der Waals surface area contributed by atoms with E-state index in [1.54, 1.807) is 20.9 Å². The van der Waals surface area contributed by atoms with Crippen molar-refractivity contribution in [1.29, 1.82) is 0 Å². The topological polar surface area (TPSA) is 139 Å². The molecule has 10 nitrogen and oxygen atoms in total. The molecule has 0 radical (unpaired) electrons. The zero-order valence-corrected chi connectivity index (χ0v) is 25.8. The number of Topliss-reactive ketones (excluding diaryl/α,β-unsaturated/α-hetero) is 1. The highest BCUT2D eigenvalue weighted by Gasteiger charge is 2.43. The van der Waals surface area contributed by atoms with Gasteiger partial charge in [0.1, 0.15) is 11.8 Å². The van der Waals surface area contributed by atoms with Gasteiger partial charge in [0.25, 0.3) is 5.91 Å². The Hall–Kier alpha value is -3.18. The summed E-state index contributed by atoms with van der Waals surface area (Å²) in [5.41, 5.74) is 6.27. The molecule has 1 saturated heterocycles. The van der Waals surface area contributed by atoms with Gasteiger partial charge in [-0.25, -0.2) is 5.43 Å². The lowest BCUT2D eigenvalue weighted by Crippen LogP contribution is -2.50. The van der Waals surface area contributed by atoms with Crippen LogP contribution in [0.1, 0.15) is 78.2 Å². The first-order valence-corrected chi connectivity index (χ1v) is 14.6. The maximum absolute atomic E-state index is 13.7. The first-order valence-electron chi connectivity index (χ1n) is 14.6. The van der Waals surface area contributed by atoms with Crippen LogP contribution in [0.2, 0.25) is 0 Å². The molecule has 1 aliphatic rings. The molecule has 0 saturated carbocycles. The largest absolute Gasteiger partial charge is 0.387 e. The van der Waals surface area contributed by atoms with Gasteiger partial charge in [-0.1, -0.05) is 44.2 Å². The van der Waals surface area contributed by atoms with E-state index in [9.17, 15) is 19.5 Å². The number of carbonyl (C=O) groups is 3. The van der Waals surface area contributed by atoms with Crippen LogP contribution in [0.15, 0.2) is 36.4 Å². The van der Waals surface area contributed by atoms with E-state index >= 15 is 0 Å². The second kappa shape index (κ2) is 14.3. The first kappa shape index (κ1) is 33.3. The number of carbonyl (C=O) groups excluding carboxylic acids is 3. The number of ether oxygens (including phenoxy) is 2. The van der Waals surface area contributed by atoms with Crippen molar-refractivity contribution in [3.8, 4) is 0 Å². The normalized spacial score (nSPS) is 18.5. The van der Waals surface area contributed by atoms with E-state index in [2.05, 4.69) is 21.2 Å². The molecule has 0 unspecified atom stereocenters. The number of nitrogens with one attached hydrogen (secondary N) is 3. The molecule has 1 aromatic carbocycles. The van der Waals surface area contributed by atoms with Gasteiger partial charge < -0.3 is 19.9 Å². The Balaban J connectivity index is 1.73. The number of benzene rings is 1. The summed E-state index contributed by atoms with van der Waals surface area (Å²) >= 11 is 0. The molecule has 3 atom stereocenters. The Bertz CT molecular complexity index is 1280. The van der Waals surface area contributed by atoms with Gasteiger partial charge in [0, 0.05) is 24.8 Å². The van der Waals surface area contributed by atoms with Crippen molar-refractivity contribution in [2.24, 2.45) is 17.3 Å². The average Bonchev–Trinajstić information content (AvgIpc) is 2.94. The van der Waals surface area contributed by atoms with Gasteiger partial charge in [0.05, 0.1) is 35.9 Å². The minimum atomic E-state index is -0.977. The van der Waals surface area contributed by atoms with Gasteiger partial charge in [-0.3, -0.25) is 24.8 Å².